The maximum absolute atomic E-state index is 11.4. The van der Waals surface area contributed by atoms with E-state index in [4.69, 9.17) is 9.84 Å². The van der Waals surface area contributed by atoms with E-state index in [-0.39, 0.29) is 12.6 Å². The van der Waals surface area contributed by atoms with Crippen molar-refractivity contribution in [2.45, 2.75) is 13.5 Å². The first-order valence-corrected chi connectivity index (χ1v) is 5.98. The average molecular weight is 252 g/mol. The van der Waals surface area contributed by atoms with Gasteiger partial charge in [-0.25, -0.2) is 4.79 Å². The van der Waals surface area contributed by atoms with Crippen LogP contribution < -0.4 is 10.6 Å². The smallest absolute Gasteiger partial charge is 0.315 e. The summed E-state index contributed by atoms with van der Waals surface area (Å²) in [7, 11) is 0. The number of aliphatic hydroxyl groups is 1. The molecule has 18 heavy (non-hydrogen) atoms. The van der Waals surface area contributed by atoms with Crippen molar-refractivity contribution >= 4 is 6.03 Å². The second kappa shape index (κ2) is 8.49. The molecule has 0 aliphatic rings. The number of hydrogen-bond acceptors (Lipinski definition) is 3. The number of aryl methyl sites for hydroxylation is 1. The molecule has 0 heterocycles. The summed E-state index contributed by atoms with van der Waals surface area (Å²) >= 11 is 0. The third-order valence-electron chi connectivity index (χ3n) is 2.34. The topological polar surface area (TPSA) is 70.6 Å². The molecule has 0 spiro atoms. The number of ether oxygens (including phenoxy) is 1. The van der Waals surface area contributed by atoms with Crippen molar-refractivity contribution in [1.29, 1.82) is 0 Å². The number of urea groups is 1. The number of hydrogen-bond donors (Lipinski definition) is 3. The molecule has 3 N–H and O–H groups in total. The lowest BCUT2D eigenvalue weighted by Gasteiger charge is -2.08. The van der Waals surface area contributed by atoms with Crippen LogP contribution in [0.5, 0.6) is 0 Å². The highest BCUT2D eigenvalue weighted by atomic mass is 16.5. The van der Waals surface area contributed by atoms with Gasteiger partial charge < -0.3 is 20.5 Å². The quantitative estimate of drug-likeness (QED) is 0.629. The van der Waals surface area contributed by atoms with Gasteiger partial charge in [-0.05, 0) is 12.5 Å². The first kappa shape index (κ1) is 14.5. The minimum absolute atomic E-state index is 0.000377. The summed E-state index contributed by atoms with van der Waals surface area (Å²) in [6, 6.07) is 7.78. The molecular formula is C13H20N2O3. The van der Waals surface area contributed by atoms with Gasteiger partial charge in [0.15, 0.2) is 0 Å². The number of carbonyl (C=O) groups excluding carboxylic acids is 1. The number of amides is 2. The maximum atomic E-state index is 11.4. The van der Waals surface area contributed by atoms with Crippen LogP contribution in [-0.4, -0.2) is 37.5 Å². The fourth-order valence-electron chi connectivity index (χ4n) is 1.35. The van der Waals surface area contributed by atoms with Crippen LogP contribution in [0, 0.1) is 6.92 Å². The highest BCUT2D eigenvalue weighted by Crippen LogP contribution is 2.02. The molecular weight excluding hydrogens is 232 g/mol. The van der Waals surface area contributed by atoms with Crippen LogP contribution >= 0.6 is 0 Å². The van der Waals surface area contributed by atoms with E-state index in [2.05, 4.69) is 10.6 Å². The van der Waals surface area contributed by atoms with E-state index >= 15 is 0 Å². The van der Waals surface area contributed by atoms with E-state index in [1.807, 2.05) is 31.2 Å². The molecule has 100 valence electrons. The second-order valence-electron chi connectivity index (χ2n) is 3.93. The Morgan fingerprint density at radius 1 is 1.22 bits per heavy atom. The van der Waals surface area contributed by atoms with Crippen LogP contribution in [-0.2, 0) is 11.3 Å². The molecule has 0 saturated carbocycles. The van der Waals surface area contributed by atoms with Gasteiger partial charge in [-0.3, -0.25) is 0 Å². The molecule has 0 atom stereocenters. The monoisotopic (exact) mass is 252 g/mol. The predicted octanol–water partition coefficient (Wildman–Crippen LogP) is 0.803. The molecule has 0 aliphatic carbocycles. The predicted molar refractivity (Wildman–Crippen MR) is 69.3 cm³/mol. The Morgan fingerprint density at radius 3 is 2.61 bits per heavy atom. The molecule has 5 heteroatoms. The molecule has 0 aliphatic heterocycles. The zero-order valence-electron chi connectivity index (χ0n) is 10.6. The van der Waals surface area contributed by atoms with Gasteiger partial charge in [0.25, 0.3) is 0 Å². The van der Waals surface area contributed by atoms with Crippen LogP contribution in [0.25, 0.3) is 0 Å². The number of rotatable bonds is 7. The van der Waals surface area contributed by atoms with Crippen LogP contribution in [0.4, 0.5) is 4.79 Å². The van der Waals surface area contributed by atoms with Crippen molar-refractivity contribution in [3.63, 3.8) is 0 Å². The molecule has 0 saturated heterocycles. The van der Waals surface area contributed by atoms with Crippen molar-refractivity contribution in [1.82, 2.24) is 10.6 Å². The summed E-state index contributed by atoms with van der Waals surface area (Å²) < 4.78 is 5.02. The Hall–Kier alpha value is -1.59. The lowest BCUT2D eigenvalue weighted by Crippen LogP contribution is -2.37. The standard InChI is InChI=1S/C13H20N2O3/c1-11-2-4-12(5-3-11)10-15-13(17)14-6-8-18-9-7-16/h2-5,16H,6-10H2,1H3,(H2,14,15,17). The van der Waals surface area contributed by atoms with E-state index in [0.29, 0.717) is 26.3 Å². The first-order chi connectivity index (χ1) is 8.72. The van der Waals surface area contributed by atoms with Crippen molar-refractivity contribution in [3.05, 3.63) is 35.4 Å². The average Bonchev–Trinajstić information content (AvgIpc) is 2.38. The largest absolute Gasteiger partial charge is 0.394 e. The van der Waals surface area contributed by atoms with Crippen LogP contribution in [0.3, 0.4) is 0 Å². The molecule has 0 fully saturated rings. The molecule has 5 nitrogen and oxygen atoms in total. The van der Waals surface area contributed by atoms with Gasteiger partial charge >= 0.3 is 6.03 Å². The number of carbonyl (C=O) groups is 1. The highest BCUT2D eigenvalue weighted by Gasteiger charge is 1.99. The minimum atomic E-state index is -0.219. The summed E-state index contributed by atoms with van der Waals surface area (Å²) in [6.07, 6.45) is 0. The van der Waals surface area contributed by atoms with Gasteiger partial charge in [0.2, 0.25) is 0 Å². The summed E-state index contributed by atoms with van der Waals surface area (Å²) in [4.78, 5) is 11.4. The molecule has 0 aromatic heterocycles. The van der Waals surface area contributed by atoms with Crippen LogP contribution in [0.2, 0.25) is 0 Å². The summed E-state index contributed by atoms with van der Waals surface area (Å²) in [5, 5.41) is 13.9. The Morgan fingerprint density at radius 2 is 1.94 bits per heavy atom. The molecule has 1 rings (SSSR count). The molecule has 1 aromatic carbocycles. The third-order valence-corrected chi connectivity index (χ3v) is 2.34. The Kier molecular flexibility index (Phi) is 6.83. The summed E-state index contributed by atoms with van der Waals surface area (Å²) in [6.45, 7) is 3.66. The molecule has 0 radical (unpaired) electrons. The zero-order chi connectivity index (χ0) is 13.2. The normalized spacial score (nSPS) is 10.1. The lowest BCUT2D eigenvalue weighted by atomic mass is 10.1. The van der Waals surface area contributed by atoms with Crippen LogP contribution in [0.15, 0.2) is 24.3 Å². The fourth-order valence-corrected chi connectivity index (χ4v) is 1.35. The fraction of sp³-hybridized carbons (Fsp3) is 0.462. The van der Waals surface area contributed by atoms with Gasteiger partial charge in [0, 0.05) is 13.1 Å². The zero-order valence-corrected chi connectivity index (χ0v) is 10.6. The van der Waals surface area contributed by atoms with E-state index < -0.39 is 0 Å². The lowest BCUT2D eigenvalue weighted by molar-refractivity contribution is 0.0947. The summed E-state index contributed by atoms with van der Waals surface area (Å²) in [5.74, 6) is 0. The third kappa shape index (κ3) is 6.22. The van der Waals surface area contributed by atoms with Gasteiger partial charge in [0.05, 0.1) is 19.8 Å². The molecule has 0 bridgehead atoms. The van der Waals surface area contributed by atoms with E-state index in [1.54, 1.807) is 0 Å². The van der Waals surface area contributed by atoms with Gasteiger partial charge in [0.1, 0.15) is 0 Å². The second-order valence-corrected chi connectivity index (χ2v) is 3.93. The van der Waals surface area contributed by atoms with Crippen molar-refractivity contribution < 1.29 is 14.6 Å². The van der Waals surface area contributed by atoms with Crippen molar-refractivity contribution in [2.75, 3.05) is 26.4 Å². The van der Waals surface area contributed by atoms with Gasteiger partial charge in [-0.2, -0.15) is 0 Å². The number of benzene rings is 1. The number of aliphatic hydroxyl groups excluding tert-OH is 1. The van der Waals surface area contributed by atoms with E-state index in [9.17, 15) is 4.79 Å². The van der Waals surface area contributed by atoms with E-state index in [0.717, 1.165) is 5.56 Å². The molecule has 1 aromatic rings. The SMILES string of the molecule is Cc1ccc(CNC(=O)NCCOCCO)cc1. The van der Waals surface area contributed by atoms with Gasteiger partial charge in [-0.1, -0.05) is 29.8 Å². The highest BCUT2D eigenvalue weighted by molar-refractivity contribution is 5.73. The summed E-state index contributed by atoms with van der Waals surface area (Å²) in [5.41, 5.74) is 2.26. The van der Waals surface area contributed by atoms with Crippen molar-refractivity contribution in [3.8, 4) is 0 Å². The Labute approximate surface area is 107 Å². The number of nitrogens with one attached hydrogen (secondary N) is 2. The van der Waals surface area contributed by atoms with Crippen molar-refractivity contribution in [2.24, 2.45) is 0 Å². The van der Waals surface area contributed by atoms with Crippen LogP contribution in [0.1, 0.15) is 11.1 Å². The maximum Gasteiger partial charge on any atom is 0.315 e. The Balaban J connectivity index is 2.11. The van der Waals surface area contributed by atoms with Gasteiger partial charge in [-0.15, -0.1) is 0 Å². The minimum Gasteiger partial charge on any atom is -0.394 e. The molecule has 2 amide bonds. The molecule has 0 unspecified atom stereocenters. The first-order valence-electron chi connectivity index (χ1n) is 5.98. The van der Waals surface area contributed by atoms with E-state index in [1.165, 1.54) is 5.56 Å². The Bertz CT molecular complexity index is 352.